The highest BCUT2D eigenvalue weighted by Gasteiger charge is 2.39. The number of hydrogen-bond donors (Lipinski definition) is 3. The zero-order chi connectivity index (χ0) is 22.8. The lowest BCUT2D eigenvalue weighted by atomic mass is 9.93. The molecule has 0 aliphatic heterocycles. The Kier molecular flexibility index (Phi) is 6.26. The fourth-order valence-corrected chi connectivity index (χ4v) is 3.18. The first-order valence-corrected chi connectivity index (χ1v) is 9.15. The van der Waals surface area contributed by atoms with Gasteiger partial charge in [0.05, 0.1) is 5.70 Å². The first kappa shape index (κ1) is 22.2. The van der Waals surface area contributed by atoms with Gasteiger partial charge in [-0.2, -0.15) is 13.2 Å². The predicted octanol–water partition coefficient (Wildman–Crippen LogP) is 4.68. The smallest absolute Gasteiger partial charge is 0.410 e. The molecule has 0 radical (unpaired) electrons. The number of halogens is 4. The van der Waals surface area contributed by atoms with E-state index in [1.54, 1.807) is 36.2 Å². The van der Waals surface area contributed by atoms with Crippen molar-refractivity contribution in [3.05, 3.63) is 88.9 Å². The third-order valence-electron chi connectivity index (χ3n) is 4.79. The summed E-state index contributed by atoms with van der Waals surface area (Å²) in [6, 6.07) is 11.1. The Bertz CT molecular complexity index is 1070. The van der Waals surface area contributed by atoms with E-state index in [0.717, 1.165) is 5.56 Å². The zero-order valence-electron chi connectivity index (χ0n) is 16.4. The quantitative estimate of drug-likeness (QED) is 0.277. The normalized spacial score (nSPS) is 16.7. The van der Waals surface area contributed by atoms with Crippen LogP contribution in [0.5, 0.6) is 0 Å². The maximum atomic E-state index is 13.1. The van der Waals surface area contributed by atoms with E-state index in [4.69, 9.17) is 5.41 Å². The summed E-state index contributed by atoms with van der Waals surface area (Å²) in [6.07, 6.45) is -4.49. The third kappa shape index (κ3) is 5.00. The van der Waals surface area contributed by atoms with Crippen molar-refractivity contribution in [2.24, 2.45) is 5.16 Å². The summed E-state index contributed by atoms with van der Waals surface area (Å²) in [7, 11) is 1.69. The van der Waals surface area contributed by atoms with Crippen LogP contribution in [0.1, 0.15) is 22.8 Å². The van der Waals surface area contributed by atoms with Gasteiger partial charge in [-0.15, -0.1) is 0 Å². The van der Waals surface area contributed by atoms with E-state index in [0.29, 0.717) is 23.4 Å². The second kappa shape index (κ2) is 8.73. The Balaban J connectivity index is 1.96. The number of nitrogens with one attached hydrogen (secondary N) is 1. The van der Waals surface area contributed by atoms with E-state index in [9.17, 15) is 27.9 Å². The molecule has 3 N–H and O–H groups in total. The van der Waals surface area contributed by atoms with Gasteiger partial charge >= 0.3 is 6.18 Å². The van der Waals surface area contributed by atoms with Crippen molar-refractivity contribution in [1.82, 2.24) is 4.90 Å². The molecule has 0 fully saturated rings. The summed E-state index contributed by atoms with van der Waals surface area (Å²) < 4.78 is 51.8. The molecule has 2 aromatic rings. The molecule has 1 unspecified atom stereocenters. The van der Waals surface area contributed by atoms with Crippen LogP contribution in [-0.4, -0.2) is 39.9 Å². The molecule has 0 bridgehead atoms. The monoisotopic (exact) mass is 433 g/mol. The highest BCUT2D eigenvalue weighted by atomic mass is 19.4. The molecule has 0 saturated heterocycles. The number of rotatable bonds is 5. The number of aliphatic hydroxyl groups is 1. The van der Waals surface area contributed by atoms with Crippen LogP contribution in [0.25, 0.3) is 5.57 Å². The minimum absolute atomic E-state index is 0.0692. The average molecular weight is 433 g/mol. The number of oxime groups is 1. The molecule has 0 spiro atoms. The highest BCUT2D eigenvalue weighted by molar-refractivity contribution is 6.53. The molecule has 1 aliphatic rings. The van der Waals surface area contributed by atoms with E-state index < -0.39 is 12.3 Å². The second-order valence-corrected chi connectivity index (χ2v) is 7.04. The van der Waals surface area contributed by atoms with Gasteiger partial charge in [-0.1, -0.05) is 35.5 Å². The zero-order valence-corrected chi connectivity index (χ0v) is 16.4. The number of benzene rings is 2. The lowest BCUT2D eigenvalue weighted by molar-refractivity contribution is -0.206. The van der Waals surface area contributed by atoms with Gasteiger partial charge in [-0.05, 0) is 52.6 Å². The summed E-state index contributed by atoms with van der Waals surface area (Å²) >= 11 is 0. The van der Waals surface area contributed by atoms with Crippen LogP contribution >= 0.6 is 0 Å². The average Bonchev–Trinajstić information content (AvgIpc) is 2.74. The lowest BCUT2D eigenvalue weighted by Gasteiger charge is -2.26. The topological polar surface area (TPSA) is 79.9 Å². The van der Waals surface area contributed by atoms with Crippen molar-refractivity contribution < 1.29 is 27.9 Å². The number of hydrogen-bond acceptors (Lipinski definition) is 5. The van der Waals surface area contributed by atoms with E-state index >= 15 is 0 Å². The molecule has 2 aromatic carbocycles. The summed E-state index contributed by atoms with van der Waals surface area (Å²) in [5.41, 5.74) is 1.40. The Morgan fingerprint density at radius 1 is 1.10 bits per heavy atom. The molecule has 31 heavy (non-hydrogen) atoms. The Hall–Kier alpha value is -3.46. The van der Waals surface area contributed by atoms with E-state index in [2.05, 4.69) is 5.16 Å². The van der Waals surface area contributed by atoms with Gasteiger partial charge in [0.25, 0.3) is 0 Å². The van der Waals surface area contributed by atoms with E-state index in [1.165, 1.54) is 36.4 Å². The van der Waals surface area contributed by atoms with Crippen LogP contribution in [0.2, 0.25) is 0 Å². The van der Waals surface area contributed by atoms with Gasteiger partial charge in [0.15, 0.2) is 6.10 Å². The molecule has 0 amide bonds. The van der Waals surface area contributed by atoms with E-state index in [-0.39, 0.29) is 22.8 Å². The Labute approximate surface area is 175 Å². The fourth-order valence-electron chi connectivity index (χ4n) is 3.18. The Morgan fingerprint density at radius 2 is 1.77 bits per heavy atom. The first-order chi connectivity index (χ1) is 14.6. The second-order valence-electron chi connectivity index (χ2n) is 7.04. The van der Waals surface area contributed by atoms with Crippen molar-refractivity contribution >= 4 is 17.0 Å². The molecule has 0 aromatic heterocycles. The van der Waals surface area contributed by atoms with Gasteiger partial charge in [0.2, 0.25) is 0 Å². The van der Waals surface area contributed by atoms with Crippen LogP contribution in [0.4, 0.5) is 17.6 Å². The van der Waals surface area contributed by atoms with E-state index in [1.807, 2.05) is 0 Å². The number of nitrogens with zero attached hydrogens (tertiary/aromatic N) is 2. The molecule has 0 saturated carbocycles. The summed E-state index contributed by atoms with van der Waals surface area (Å²) in [6.45, 7) is 0.313. The van der Waals surface area contributed by atoms with Crippen molar-refractivity contribution in [2.45, 2.75) is 18.8 Å². The van der Waals surface area contributed by atoms with Crippen molar-refractivity contribution in [3.8, 4) is 0 Å². The highest BCUT2D eigenvalue weighted by Crippen LogP contribution is 2.34. The largest absolute Gasteiger partial charge is 0.418 e. The third-order valence-corrected chi connectivity index (χ3v) is 4.79. The predicted molar refractivity (Wildman–Crippen MR) is 108 cm³/mol. The summed E-state index contributed by atoms with van der Waals surface area (Å²) in [4.78, 5) is 1.68. The maximum Gasteiger partial charge on any atom is 0.418 e. The summed E-state index contributed by atoms with van der Waals surface area (Å²) in [5.74, 6) is -0.378. The molecule has 9 heteroatoms. The maximum absolute atomic E-state index is 13.1. The van der Waals surface area contributed by atoms with Crippen molar-refractivity contribution in [3.63, 3.8) is 0 Å². The fraction of sp³-hybridized carbons (Fsp3) is 0.182. The van der Waals surface area contributed by atoms with Gasteiger partial charge in [0, 0.05) is 13.6 Å². The van der Waals surface area contributed by atoms with Crippen LogP contribution in [0, 0.1) is 11.2 Å². The SMILES string of the molecule is CN(Cc1ccc(F)cc1)C1=CC(c2cccc(C(O)C(F)(F)F)c2)=C/C(=N/O)C1=N. The van der Waals surface area contributed by atoms with Gasteiger partial charge in [-0.3, -0.25) is 5.41 Å². The standard InChI is InChI=1S/C22H19F4N3O2/c1-29(12-13-5-7-17(23)8-6-13)19-11-16(10-18(28-31)20(19)27)14-3-2-4-15(9-14)21(30)22(24,25)26/h2-11,21,27,30-31H,12H2,1H3/b27-20?,28-18-. The lowest BCUT2D eigenvalue weighted by Crippen LogP contribution is -2.29. The van der Waals surface area contributed by atoms with Crippen molar-refractivity contribution in [2.75, 3.05) is 7.05 Å². The molecule has 1 atom stereocenters. The number of allylic oxidation sites excluding steroid dienone is 4. The number of aliphatic hydroxyl groups excluding tert-OH is 1. The van der Waals surface area contributed by atoms with Gasteiger partial charge in [-0.25, -0.2) is 4.39 Å². The van der Waals surface area contributed by atoms with Crippen LogP contribution < -0.4 is 0 Å². The molecule has 5 nitrogen and oxygen atoms in total. The molecular formula is C22H19F4N3O2. The molecule has 0 heterocycles. The molecule has 3 rings (SSSR count). The molecule has 162 valence electrons. The summed E-state index contributed by atoms with van der Waals surface area (Å²) in [5, 5.41) is 30.3. The van der Waals surface area contributed by atoms with Gasteiger partial charge < -0.3 is 15.2 Å². The molecule has 1 aliphatic carbocycles. The van der Waals surface area contributed by atoms with Gasteiger partial charge in [0.1, 0.15) is 17.2 Å². The van der Waals surface area contributed by atoms with Crippen LogP contribution in [0.15, 0.2) is 71.5 Å². The molecular weight excluding hydrogens is 414 g/mol. The Morgan fingerprint density at radius 3 is 2.39 bits per heavy atom. The minimum atomic E-state index is -4.81. The van der Waals surface area contributed by atoms with Crippen molar-refractivity contribution in [1.29, 1.82) is 5.41 Å². The minimum Gasteiger partial charge on any atom is -0.410 e. The van der Waals surface area contributed by atoms with Crippen LogP contribution in [-0.2, 0) is 6.54 Å². The number of alkyl halides is 3. The van der Waals surface area contributed by atoms with Crippen LogP contribution in [0.3, 0.4) is 0 Å². The first-order valence-electron chi connectivity index (χ1n) is 9.15.